The Kier molecular flexibility index (Phi) is 33.8. The molecule has 2 aliphatic heterocycles. The van der Waals surface area contributed by atoms with Gasteiger partial charge in [0.25, 0.3) is 0 Å². The van der Waals surface area contributed by atoms with E-state index in [4.69, 9.17) is 24.7 Å². The molecule has 25 heteroatoms. The van der Waals surface area contributed by atoms with Gasteiger partial charge < -0.3 is 87.2 Å². The van der Waals surface area contributed by atoms with Crippen molar-refractivity contribution in [2.24, 2.45) is 5.73 Å². The van der Waals surface area contributed by atoms with Crippen LogP contribution in [0.1, 0.15) is 169 Å². The maximum absolute atomic E-state index is 13.4. The van der Waals surface area contributed by atoms with Crippen LogP contribution in [0.5, 0.6) is 0 Å². The topological polar surface area (TPSA) is 393 Å². The summed E-state index contributed by atoms with van der Waals surface area (Å²) in [6.45, 7) is 3.77. The highest BCUT2D eigenvalue weighted by Crippen LogP contribution is 2.30. The molecular formula is C51H91N7O18. The smallest absolute Gasteiger partial charge is 0.326 e. The number of nitrogens with two attached hydrogens (primary N) is 1. The van der Waals surface area contributed by atoms with Crippen LogP contribution in [0, 0.1) is 0 Å². The van der Waals surface area contributed by atoms with Gasteiger partial charge in [0.1, 0.15) is 73.4 Å². The third kappa shape index (κ3) is 25.7. The summed E-state index contributed by atoms with van der Waals surface area (Å²) in [5, 5.41) is 76.9. The molecule has 0 aromatic heterocycles. The van der Waals surface area contributed by atoms with Crippen LogP contribution in [0.2, 0.25) is 0 Å². The van der Waals surface area contributed by atoms with E-state index in [-0.39, 0.29) is 25.2 Å². The van der Waals surface area contributed by atoms with Crippen molar-refractivity contribution < 1.29 is 87.9 Å². The number of hydrogen-bond donors (Lipinski definition) is 13. The first-order valence-electron chi connectivity index (χ1n) is 27.3. The molecule has 2 aliphatic rings. The Morgan fingerprint density at radius 3 is 1.66 bits per heavy atom. The van der Waals surface area contributed by atoms with Crippen molar-refractivity contribution in [3.8, 4) is 0 Å². The van der Waals surface area contributed by atoms with Crippen LogP contribution >= 0.6 is 0 Å². The Hall–Kier alpha value is -4.60. The Labute approximate surface area is 446 Å². The molecule has 2 rings (SSSR count). The normalized spacial score (nSPS) is 24.5. The van der Waals surface area contributed by atoms with Gasteiger partial charge in [0.05, 0.1) is 13.2 Å². The minimum absolute atomic E-state index is 0.0420. The van der Waals surface area contributed by atoms with Gasteiger partial charge >= 0.3 is 5.97 Å². The van der Waals surface area contributed by atoms with Crippen LogP contribution < -0.4 is 37.6 Å². The van der Waals surface area contributed by atoms with Crippen molar-refractivity contribution in [1.82, 2.24) is 31.9 Å². The van der Waals surface area contributed by atoms with E-state index in [0.717, 1.165) is 33.1 Å². The van der Waals surface area contributed by atoms with Gasteiger partial charge in [-0.15, -0.1) is 0 Å². The number of carboxylic acid groups (broad SMARTS) is 1. The SMILES string of the molecule is CCCCCCCCCCCCCCCCCC(=O)NCCCCC(NC(=O)CCC(NC(=O)C(CC)NC(=O)COC1C(NC(C)=O)C(O)OC(CO)C1OC1OC(CO)C(O)C(O)C1NC(C)=O)C(N)=O)C(=O)O. The minimum atomic E-state index is -1.86. The maximum atomic E-state index is 13.4. The van der Waals surface area contributed by atoms with Gasteiger partial charge in [0, 0.05) is 33.2 Å². The molecule has 13 atom stereocenters. The summed E-state index contributed by atoms with van der Waals surface area (Å²) >= 11 is 0. The van der Waals surface area contributed by atoms with Crippen LogP contribution in [-0.4, -0.2) is 184 Å². The molecule has 2 heterocycles. The second kappa shape index (κ2) is 38.0. The van der Waals surface area contributed by atoms with E-state index in [1.807, 2.05) is 0 Å². The highest BCUT2D eigenvalue weighted by atomic mass is 16.7. The third-order valence-electron chi connectivity index (χ3n) is 13.4. The molecule has 7 amide bonds. The van der Waals surface area contributed by atoms with Gasteiger partial charge in [0.2, 0.25) is 41.4 Å². The summed E-state index contributed by atoms with van der Waals surface area (Å²) in [7, 11) is 0. The van der Waals surface area contributed by atoms with Crippen LogP contribution in [-0.2, 0) is 57.3 Å². The number of carbonyl (C=O) groups excluding carboxylic acids is 7. The number of primary amides is 1. The molecule has 0 radical (unpaired) electrons. The molecule has 0 saturated carbocycles. The van der Waals surface area contributed by atoms with Gasteiger partial charge in [-0.3, -0.25) is 33.6 Å². The first-order valence-corrected chi connectivity index (χ1v) is 27.3. The average molecular weight is 1090 g/mol. The van der Waals surface area contributed by atoms with Gasteiger partial charge in [0.15, 0.2) is 12.6 Å². The number of carboxylic acids is 1. The van der Waals surface area contributed by atoms with Crippen molar-refractivity contribution in [1.29, 1.82) is 0 Å². The molecule has 0 bridgehead atoms. The lowest BCUT2D eigenvalue weighted by molar-refractivity contribution is -0.331. The second-order valence-electron chi connectivity index (χ2n) is 19.8. The Morgan fingerprint density at radius 1 is 0.579 bits per heavy atom. The molecule has 0 aliphatic carbocycles. The Balaban J connectivity index is 1.86. The minimum Gasteiger partial charge on any atom is -0.480 e. The quantitative estimate of drug-likeness (QED) is 0.0350. The van der Waals surface area contributed by atoms with E-state index >= 15 is 0 Å². The van der Waals surface area contributed by atoms with E-state index < -0.39 is 147 Å². The molecular weight excluding hydrogens is 999 g/mol. The zero-order valence-corrected chi connectivity index (χ0v) is 45.0. The summed E-state index contributed by atoms with van der Waals surface area (Å²) in [6.07, 6.45) is 6.12. The molecule has 0 spiro atoms. The molecule has 438 valence electrons. The van der Waals surface area contributed by atoms with Crippen LogP contribution in [0.4, 0.5) is 0 Å². The first-order chi connectivity index (χ1) is 36.3. The molecule has 13 unspecified atom stereocenters. The van der Waals surface area contributed by atoms with E-state index in [2.05, 4.69) is 38.8 Å². The van der Waals surface area contributed by atoms with E-state index in [0.29, 0.717) is 25.8 Å². The number of nitrogens with one attached hydrogen (secondary N) is 6. The number of aliphatic hydroxyl groups excluding tert-OH is 5. The number of hydrogen-bond acceptors (Lipinski definition) is 17. The zero-order chi connectivity index (χ0) is 56.6. The fourth-order valence-electron chi connectivity index (χ4n) is 9.12. The summed E-state index contributed by atoms with van der Waals surface area (Å²) in [6, 6.07) is -6.97. The van der Waals surface area contributed by atoms with Crippen LogP contribution in [0.3, 0.4) is 0 Å². The molecule has 25 nitrogen and oxygen atoms in total. The number of unbranched alkanes of at least 4 members (excludes halogenated alkanes) is 15. The van der Waals surface area contributed by atoms with E-state index in [1.54, 1.807) is 0 Å². The molecule has 2 fully saturated rings. The maximum Gasteiger partial charge on any atom is 0.326 e. The second-order valence-corrected chi connectivity index (χ2v) is 19.8. The average Bonchev–Trinajstić information content (AvgIpc) is 3.37. The lowest BCUT2D eigenvalue weighted by Gasteiger charge is -2.48. The highest BCUT2D eigenvalue weighted by Gasteiger charge is 2.52. The molecule has 0 aromatic rings. The van der Waals surface area contributed by atoms with Gasteiger partial charge in [-0.2, -0.15) is 0 Å². The van der Waals surface area contributed by atoms with Gasteiger partial charge in [-0.1, -0.05) is 104 Å². The molecule has 76 heavy (non-hydrogen) atoms. The number of carbonyl (C=O) groups is 8. The fourth-order valence-corrected chi connectivity index (χ4v) is 9.12. The van der Waals surface area contributed by atoms with Crippen molar-refractivity contribution in [2.75, 3.05) is 26.4 Å². The number of aliphatic carboxylic acids is 1. The van der Waals surface area contributed by atoms with Gasteiger partial charge in [-0.05, 0) is 38.5 Å². The molecule has 14 N–H and O–H groups in total. The first kappa shape index (κ1) is 67.5. The Bertz CT molecular complexity index is 1770. The summed E-state index contributed by atoms with van der Waals surface area (Å²) in [5.74, 6) is -6.31. The Morgan fingerprint density at radius 2 is 1.13 bits per heavy atom. The van der Waals surface area contributed by atoms with E-state index in [1.165, 1.54) is 84.0 Å². The predicted molar refractivity (Wildman–Crippen MR) is 274 cm³/mol. The summed E-state index contributed by atoms with van der Waals surface area (Å²) in [5.41, 5.74) is 5.54. The van der Waals surface area contributed by atoms with Crippen molar-refractivity contribution in [3.63, 3.8) is 0 Å². The highest BCUT2D eigenvalue weighted by molar-refractivity contribution is 5.92. The van der Waals surface area contributed by atoms with Gasteiger partial charge in [-0.25, -0.2) is 4.79 Å². The van der Waals surface area contributed by atoms with Crippen LogP contribution in [0.25, 0.3) is 0 Å². The number of rotatable bonds is 40. The molecule has 2 saturated heterocycles. The fraction of sp³-hybridized carbons (Fsp3) is 0.843. The lowest BCUT2D eigenvalue weighted by atomic mass is 9.94. The standard InChI is InChI=1S/C51H91N7O18/c1-5-7-8-9-10-11-12-13-14-15-16-17-18-19-20-24-38(63)53-27-22-21-23-35(49(70)71)57-39(64)26-25-34(47(52)68)58-48(69)33(6-2)56-40(65)30-73-46-42(55-32(4)62)50(72)74-37(29-60)45(46)76-51-41(54-31(3)61)44(67)43(66)36(28-59)75-51/h33-37,41-46,50-51,59-60,66-67,72H,5-30H2,1-4H3,(H2,52,68)(H,53,63)(H,54,61)(H,55,62)(H,56,65)(H,57,64)(H,58,69)(H,70,71). The van der Waals surface area contributed by atoms with Crippen molar-refractivity contribution >= 4 is 47.3 Å². The van der Waals surface area contributed by atoms with Crippen LogP contribution in [0.15, 0.2) is 0 Å². The summed E-state index contributed by atoms with van der Waals surface area (Å²) < 4.78 is 23.0. The van der Waals surface area contributed by atoms with E-state index in [9.17, 15) is 69.0 Å². The predicted octanol–water partition coefficient (Wildman–Crippen LogP) is -0.323. The van der Waals surface area contributed by atoms with Crippen molar-refractivity contribution in [3.05, 3.63) is 0 Å². The monoisotopic (exact) mass is 1090 g/mol. The summed E-state index contributed by atoms with van der Waals surface area (Å²) in [4.78, 5) is 101. The molecule has 0 aromatic carbocycles. The van der Waals surface area contributed by atoms with Crippen molar-refractivity contribution in [2.45, 2.75) is 248 Å². The third-order valence-corrected chi connectivity index (χ3v) is 13.4. The lowest BCUT2D eigenvalue weighted by Crippen LogP contribution is -2.69. The largest absolute Gasteiger partial charge is 0.480 e. The number of amides is 7. The number of aliphatic hydroxyl groups is 5. The number of ether oxygens (including phenoxy) is 4. The zero-order valence-electron chi connectivity index (χ0n) is 45.0.